The van der Waals surface area contributed by atoms with Gasteiger partial charge in [-0.3, -0.25) is 0 Å². The Morgan fingerprint density at radius 2 is 1.13 bits per heavy atom. The lowest BCUT2D eigenvalue weighted by atomic mass is 9.97. The van der Waals surface area contributed by atoms with E-state index in [9.17, 15) is 24.6 Å². The third-order valence-corrected chi connectivity index (χ3v) is 5.74. The summed E-state index contributed by atoms with van der Waals surface area (Å²) in [6.07, 6.45) is 0.432. The molecule has 1 aromatic heterocycles. The minimum atomic E-state index is -0.671. The number of aromatic hydroxyl groups is 2. The zero-order valence-electron chi connectivity index (χ0n) is 21.5. The number of hydrogen-bond acceptors (Lipinski definition) is 8. The summed E-state index contributed by atoms with van der Waals surface area (Å²) in [4.78, 5) is 41.9. The van der Waals surface area contributed by atoms with Crippen LogP contribution in [0.1, 0.15) is 36.8 Å². The summed E-state index contributed by atoms with van der Waals surface area (Å²) in [6, 6.07) is 20.9. The predicted molar refractivity (Wildman–Crippen MR) is 141 cm³/mol. The fraction of sp³-hybridized carbons (Fsp3) is 0.321. The van der Waals surface area contributed by atoms with Crippen molar-refractivity contribution in [2.75, 3.05) is 13.1 Å². The molecule has 3 aromatic rings. The number of amides is 2. The Balaban J connectivity index is 1.42. The highest BCUT2D eigenvalue weighted by Crippen LogP contribution is 2.21. The first-order valence-electron chi connectivity index (χ1n) is 12.6. The molecule has 11 nitrogen and oxygen atoms in total. The molecular weight excluding hydrogens is 506 g/mol. The second-order valence-electron chi connectivity index (χ2n) is 8.71. The van der Waals surface area contributed by atoms with Crippen LogP contribution in [0.3, 0.4) is 0 Å². The van der Waals surface area contributed by atoms with E-state index >= 15 is 0 Å². The Morgan fingerprint density at radius 3 is 1.56 bits per heavy atom. The van der Waals surface area contributed by atoms with Crippen molar-refractivity contribution in [2.45, 2.75) is 38.9 Å². The molecule has 0 radical (unpaired) electrons. The van der Waals surface area contributed by atoms with Gasteiger partial charge in [0.1, 0.15) is 13.2 Å². The van der Waals surface area contributed by atoms with Gasteiger partial charge in [0, 0.05) is 25.2 Å². The molecule has 0 spiro atoms. The molecule has 4 N–H and O–H groups in total. The van der Waals surface area contributed by atoms with E-state index in [1.807, 2.05) is 60.7 Å². The molecule has 0 fully saturated rings. The van der Waals surface area contributed by atoms with Gasteiger partial charge in [0.05, 0.1) is 5.92 Å². The summed E-state index contributed by atoms with van der Waals surface area (Å²) in [6.45, 7) is 0.821. The third-order valence-electron chi connectivity index (χ3n) is 5.74. The zero-order chi connectivity index (χ0) is 27.9. The summed E-state index contributed by atoms with van der Waals surface area (Å²) in [7, 11) is 0. The van der Waals surface area contributed by atoms with Crippen molar-refractivity contribution >= 4 is 18.2 Å². The maximum absolute atomic E-state index is 12.8. The maximum atomic E-state index is 12.8. The van der Waals surface area contributed by atoms with E-state index in [-0.39, 0.29) is 26.3 Å². The van der Waals surface area contributed by atoms with Crippen LogP contribution in [-0.2, 0) is 27.5 Å². The summed E-state index contributed by atoms with van der Waals surface area (Å²) in [5, 5.41) is 24.9. The van der Waals surface area contributed by atoms with Crippen LogP contribution in [0.15, 0.2) is 72.8 Å². The Bertz CT molecular complexity index is 1100. The number of nitrogens with one attached hydrogen (secondary N) is 2. The minimum Gasteiger partial charge on any atom is -0.492 e. The van der Waals surface area contributed by atoms with E-state index in [2.05, 4.69) is 10.6 Å². The smallest absolute Gasteiger partial charge is 0.407 e. The van der Waals surface area contributed by atoms with Crippen molar-refractivity contribution in [1.82, 2.24) is 15.4 Å². The third kappa shape index (κ3) is 10.3. The lowest BCUT2D eigenvalue weighted by Crippen LogP contribution is -2.30. The molecule has 0 bridgehead atoms. The van der Waals surface area contributed by atoms with Gasteiger partial charge in [-0.2, -0.15) is 0 Å². The topological polar surface area (TPSA) is 148 Å². The summed E-state index contributed by atoms with van der Waals surface area (Å²) in [5.74, 6) is -2.15. The molecule has 0 aliphatic rings. The number of nitrogens with zero attached hydrogens (tertiary/aromatic N) is 1. The zero-order valence-corrected chi connectivity index (χ0v) is 21.5. The van der Waals surface area contributed by atoms with Crippen molar-refractivity contribution in [2.24, 2.45) is 5.92 Å². The highest BCUT2D eigenvalue weighted by Gasteiger charge is 2.23. The molecule has 11 heteroatoms. The average molecular weight is 540 g/mol. The van der Waals surface area contributed by atoms with Crippen molar-refractivity contribution in [3.05, 3.63) is 83.9 Å². The number of benzene rings is 2. The lowest BCUT2D eigenvalue weighted by molar-refractivity contribution is -0.150. The fourth-order valence-corrected chi connectivity index (χ4v) is 3.67. The van der Waals surface area contributed by atoms with Gasteiger partial charge in [0.2, 0.25) is 11.8 Å². The normalized spacial score (nSPS) is 10.6. The largest absolute Gasteiger partial charge is 0.492 e. The molecule has 0 saturated heterocycles. The molecule has 0 atom stereocenters. The minimum absolute atomic E-state index is 0.145. The summed E-state index contributed by atoms with van der Waals surface area (Å²) >= 11 is 0. The molecule has 3 rings (SSSR count). The Morgan fingerprint density at radius 1 is 0.692 bits per heavy atom. The van der Waals surface area contributed by atoms with Crippen LogP contribution < -0.4 is 15.5 Å². The number of rotatable bonds is 14. The van der Waals surface area contributed by atoms with Crippen molar-refractivity contribution in [3.63, 3.8) is 0 Å². The number of hydrogen-bond donors (Lipinski definition) is 4. The van der Waals surface area contributed by atoms with E-state index in [1.54, 1.807) is 0 Å². The van der Waals surface area contributed by atoms with Gasteiger partial charge in [-0.05, 0) is 36.8 Å². The van der Waals surface area contributed by atoms with E-state index in [4.69, 9.17) is 14.3 Å². The van der Waals surface area contributed by atoms with E-state index in [0.29, 0.717) is 30.4 Å². The van der Waals surface area contributed by atoms with E-state index < -0.39 is 35.8 Å². The molecular formula is C28H33N3O8. The predicted octanol–water partition coefficient (Wildman–Crippen LogP) is 3.88. The van der Waals surface area contributed by atoms with Crippen LogP contribution in [0.25, 0.3) is 0 Å². The van der Waals surface area contributed by atoms with Crippen LogP contribution in [0.2, 0.25) is 0 Å². The standard InChI is InChI=1S/C28H33N3O8/c32-24-15-16-25(33)31(24)39-26(34)23(13-7-17-29-27(35)37-19-21-9-3-1-4-10-21)14-8-18-30-28(36)38-20-22-11-5-2-6-12-22/h1-6,9-12,15-16,23,32-33H,7-8,13-14,17-20H2,(H,29,35)(H,30,36). The van der Waals surface area contributed by atoms with Gasteiger partial charge in [-0.15, -0.1) is 4.73 Å². The van der Waals surface area contributed by atoms with Crippen LogP contribution in [0.5, 0.6) is 11.8 Å². The second kappa shape index (κ2) is 15.6. The quantitative estimate of drug-likeness (QED) is 0.226. The van der Waals surface area contributed by atoms with Crippen molar-refractivity contribution in [1.29, 1.82) is 0 Å². The number of carbonyl (C=O) groups is 3. The first-order valence-corrected chi connectivity index (χ1v) is 12.6. The van der Waals surface area contributed by atoms with Crippen molar-refractivity contribution in [3.8, 4) is 11.8 Å². The molecule has 2 aromatic carbocycles. The highest BCUT2D eigenvalue weighted by molar-refractivity contribution is 5.73. The van der Waals surface area contributed by atoms with E-state index in [0.717, 1.165) is 11.1 Å². The SMILES string of the molecule is O=C(NCCCC(CCCNC(=O)OCc1ccccc1)C(=O)On1c(O)ccc1O)OCc1ccccc1. The molecule has 1 heterocycles. The van der Waals surface area contributed by atoms with Crippen molar-refractivity contribution < 1.29 is 38.9 Å². The molecule has 39 heavy (non-hydrogen) atoms. The number of carbonyl (C=O) groups excluding carboxylic acids is 3. The van der Waals surface area contributed by atoms with Gasteiger partial charge in [-0.25, -0.2) is 14.4 Å². The van der Waals surface area contributed by atoms with Gasteiger partial charge in [0.25, 0.3) is 0 Å². The van der Waals surface area contributed by atoms with Crippen LogP contribution in [-0.4, -0.2) is 46.2 Å². The molecule has 208 valence electrons. The second-order valence-corrected chi connectivity index (χ2v) is 8.71. The number of aromatic nitrogens is 1. The number of alkyl carbamates (subject to hydrolysis) is 2. The van der Waals surface area contributed by atoms with Crippen LogP contribution in [0.4, 0.5) is 9.59 Å². The Labute approximate surface area is 226 Å². The highest BCUT2D eigenvalue weighted by atomic mass is 16.7. The van der Waals surface area contributed by atoms with E-state index in [1.165, 1.54) is 12.1 Å². The molecule has 0 aliphatic carbocycles. The van der Waals surface area contributed by atoms with Gasteiger partial charge >= 0.3 is 18.2 Å². The molecule has 0 aliphatic heterocycles. The first kappa shape index (κ1) is 28.9. The first-order chi connectivity index (χ1) is 18.9. The van der Waals surface area contributed by atoms with Crippen LogP contribution >= 0.6 is 0 Å². The van der Waals surface area contributed by atoms with Gasteiger partial charge in [0.15, 0.2) is 0 Å². The summed E-state index contributed by atoms with van der Waals surface area (Å²) in [5.41, 5.74) is 1.73. The lowest BCUT2D eigenvalue weighted by Gasteiger charge is -2.17. The average Bonchev–Trinajstić information content (AvgIpc) is 3.27. The monoisotopic (exact) mass is 539 g/mol. The Kier molecular flexibility index (Phi) is 11.5. The summed E-state index contributed by atoms with van der Waals surface area (Å²) < 4.78 is 11.0. The molecule has 0 unspecified atom stereocenters. The molecule has 0 saturated carbocycles. The van der Waals surface area contributed by atoms with Crippen LogP contribution in [0, 0.1) is 5.92 Å². The fourth-order valence-electron chi connectivity index (χ4n) is 3.67. The van der Waals surface area contributed by atoms with Gasteiger partial charge < -0.3 is 35.2 Å². The molecule has 2 amide bonds. The Hall–Kier alpha value is -4.67. The van der Waals surface area contributed by atoms with Gasteiger partial charge in [-0.1, -0.05) is 60.7 Å². The maximum Gasteiger partial charge on any atom is 0.407 e. The number of ether oxygens (including phenoxy) is 2.